The first-order chi connectivity index (χ1) is 10.3. The molecule has 5 nitrogen and oxygen atoms in total. The molecule has 0 spiro atoms. The lowest BCUT2D eigenvalue weighted by molar-refractivity contribution is 0.0209. The first kappa shape index (κ1) is 14.8. The Hall–Kier alpha value is -1.17. The Morgan fingerprint density at radius 1 is 1.29 bits per heavy atom. The standard InChI is InChI=1S/C16H25N3O2/c1-2-14-9-13(12-20)10-16(17-14)19-4-3-15(11-19)18-5-7-21-8-6-18/h9-10,15,20H,2-8,11-12H2,1H3. The summed E-state index contributed by atoms with van der Waals surface area (Å²) in [7, 11) is 0. The second kappa shape index (κ2) is 6.73. The van der Waals surface area contributed by atoms with Crippen molar-refractivity contribution >= 4 is 5.82 Å². The fourth-order valence-corrected chi connectivity index (χ4v) is 3.26. The van der Waals surface area contributed by atoms with E-state index in [0.29, 0.717) is 6.04 Å². The van der Waals surface area contributed by atoms with Crippen LogP contribution in [0.1, 0.15) is 24.6 Å². The van der Waals surface area contributed by atoms with Gasteiger partial charge in [0.25, 0.3) is 0 Å². The van der Waals surface area contributed by atoms with Crippen molar-refractivity contribution in [2.45, 2.75) is 32.4 Å². The lowest BCUT2D eigenvalue weighted by atomic mass is 10.2. The smallest absolute Gasteiger partial charge is 0.129 e. The number of ether oxygens (including phenoxy) is 1. The van der Waals surface area contributed by atoms with Gasteiger partial charge in [-0.15, -0.1) is 0 Å². The molecule has 21 heavy (non-hydrogen) atoms. The number of hydrogen-bond acceptors (Lipinski definition) is 5. The molecule has 1 aromatic heterocycles. The average molecular weight is 291 g/mol. The van der Waals surface area contributed by atoms with Crippen LogP contribution < -0.4 is 4.90 Å². The fraction of sp³-hybridized carbons (Fsp3) is 0.688. The number of anilines is 1. The molecule has 2 aliphatic rings. The van der Waals surface area contributed by atoms with Crippen LogP contribution in [0.25, 0.3) is 0 Å². The van der Waals surface area contributed by atoms with Crippen molar-refractivity contribution in [3.63, 3.8) is 0 Å². The molecule has 3 heterocycles. The first-order valence-electron chi connectivity index (χ1n) is 7.97. The molecule has 2 aliphatic heterocycles. The van der Waals surface area contributed by atoms with Gasteiger partial charge < -0.3 is 14.7 Å². The number of aliphatic hydroxyl groups excluding tert-OH is 1. The Morgan fingerprint density at radius 3 is 2.81 bits per heavy atom. The van der Waals surface area contributed by atoms with Crippen molar-refractivity contribution in [2.24, 2.45) is 0 Å². The van der Waals surface area contributed by atoms with E-state index < -0.39 is 0 Å². The maximum absolute atomic E-state index is 9.41. The summed E-state index contributed by atoms with van der Waals surface area (Å²) in [4.78, 5) is 9.63. The van der Waals surface area contributed by atoms with Crippen LogP contribution in [0.4, 0.5) is 5.82 Å². The fourth-order valence-electron chi connectivity index (χ4n) is 3.26. The molecule has 1 N–H and O–H groups in total. The minimum atomic E-state index is 0.0866. The van der Waals surface area contributed by atoms with Gasteiger partial charge in [-0.25, -0.2) is 4.98 Å². The topological polar surface area (TPSA) is 48.8 Å². The number of aryl methyl sites for hydroxylation is 1. The summed E-state index contributed by atoms with van der Waals surface area (Å²) in [6, 6.07) is 4.64. The van der Waals surface area contributed by atoms with Gasteiger partial charge in [-0.05, 0) is 30.5 Å². The molecule has 1 atom stereocenters. The van der Waals surface area contributed by atoms with Gasteiger partial charge in [-0.1, -0.05) is 6.92 Å². The van der Waals surface area contributed by atoms with Crippen molar-refractivity contribution in [2.75, 3.05) is 44.3 Å². The van der Waals surface area contributed by atoms with Crippen LogP contribution in [0, 0.1) is 0 Å². The zero-order valence-electron chi connectivity index (χ0n) is 12.8. The van der Waals surface area contributed by atoms with Gasteiger partial charge in [0.1, 0.15) is 5.82 Å². The number of rotatable bonds is 4. The second-order valence-corrected chi connectivity index (χ2v) is 5.87. The molecule has 0 radical (unpaired) electrons. The summed E-state index contributed by atoms with van der Waals surface area (Å²) in [6.07, 6.45) is 2.09. The number of aliphatic hydroxyl groups is 1. The molecule has 1 aromatic rings. The molecular formula is C16H25N3O2. The summed E-state index contributed by atoms with van der Waals surface area (Å²) < 4.78 is 5.44. The van der Waals surface area contributed by atoms with E-state index >= 15 is 0 Å². The predicted molar refractivity (Wildman–Crippen MR) is 82.5 cm³/mol. The predicted octanol–water partition coefficient (Wildman–Crippen LogP) is 1.05. The first-order valence-corrected chi connectivity index (χ1v) is 7.97. The zero-order chi connectivity index (χ0) is 14.7. The largest absolute Gasteiger partial charge is 0.392 e. The van der Waals surface area contributed by atoms with E-state index in [4.69, 9.17) is 9.72 Å². The van der Waals surface area contributed by atoms with Gasteiger partial charge in [0.05, 0.1) is 19.8 Å². The summed E-state index contributed by atoms with van der Waals surface area (Å²) in [5, 5.41) is 9.41. The highest BCUT2D eigenvalue weighted by Gasteiger charge is 2.29. The van der Waals surface area contributed by atoms with Gasteiger partial charge in [0.15, 0.2) is 0 Å². The molecule has 3 rings (SSSR count). The third kappa shape index (κ3) is 3.36. The SMILES string of the molecule is CCc1cc(CO)cc(N2CCC(N3CCOCC3)C2)n1. The van der Waals surface area contributed by atoms with Crippen LogP contribution in [0.2, 0.25) is 0 Å². The van der Waals surface area contributed by atoms with E-state index in [2.05, 4.69) is 16.7 Å². The molecule has 0 bridgehead atoms. The van der Waals surface area contributed by atoms with Crippen LogP contribution >= 0.6 is 0 Å². The molecule has 5 heteroatoms. The van der Waals surface area contributed by atoms with Crippen molar-refractivity contribution < 1.29 is 9.84 Å². The van der Waals surface area contributed by atoms with Gasteiger partial charge in [-0.2, -0.15) is 0 Å². The van der Waals surface area contributed by atoms with E-state index in [9.17, 15) is 5.11 Å². The maximum atomic E-state index is 9.41. The van der Waals surface area contributed by atoms with Gasteiger partial charge >= 0.3 is 0 Å². The highest BCUT2D eigenvalue weighted by atomic mass is 16.5. The number of aromatic nitrogens is 1. The number of pyridine rings is 1. The minimum Gasteiger partial charge on any atom is -0.392 e. The van der Waals surface area contributed by atoms with Crippen molar-refractivity contribution in [3.8, 4) is 0 Å². The Morgan fingerprint density at radius 2 is 2.10 bits per heavy atom. The lowest BCUT2D eigenvalue weighted by Crippen LogP contribution is -2.44. The van der Waals surface area contributed by atoms with E-state index in [0.717, 1.165) is 62.9 Å². The summed E-state index contributed by atoms with van der Waals surface area (Å²) in [5.74, 6) is 1.02. The number of nitrogens with zero attached hydrogens (tertiary/aromatic N) is 3. The van der Waals surface area contributed by atoms with Crippen LogP contribution in [0.5, 0.6) is 0 Å². The normalized spacial score (nSPS) is 23.7. The van der Waals surface area contributed by atoms with Gasteiger partial charge in [-0.3, -0.25) is 4.90 Å². The molecule has 116 valence electrons. The molecule has 0 amide bonds. The minimum absolute atomic E-state index is 0.0866. The Labute approximate surface area is 126 Å². The molecule has 2 fully saturated rings. The van der Waals surface area contributed by atoms with Crippen molar-refractivity contribution in [3.05, 3.63) is 23.4 Å². The molecule has 2 saturated heterocycles. The van der Waals surface area contributed by atoms with Crippen LogP contribution in [-0.2, 0) is 17.8 Å². The zero-order valence-corrected chi connectivity index (χ0v) is 12.8. The van der Waals surface area contributed by atoms with Crippen LogP contribution in [-0.4, -0.2) is 60.4 Å². The monoisotopic (exact) mass is 291 g/mol. The van der Waals surface area contributed by atoms with E-state index in [1.807, 2.05) is 12.1 Å². The van der Waals surface area contributed by atoms with Crippen molar-refractivity contribution in [1.29, 1.82) is 0 Å². The second-order valence-electron chi connectivity index (χ2n) is 5.87. The van der Waals surface area contributed by atoms with E-state index in [1.54, 1.807) is 0 Å². The molecule has 1 unspecified atom stereocenters. The Kier molecular flexibility index (Phi) is 4.73. The van der Waals surface area contributed by atoms with E-state index in [1.165, 1.54) is 6.42 Å². The quantitative estimate of drug-likeness (QED) is 0.898. The molecular weight excluding hydrogens is 266 g/mol. The van der Waals surface area contributed by atoms with Crippen molar-refractivity contribution in [1.82, 2.24) is 9.88 Å². The highest BCUT2D eigenvalue weighted by Crippen LogP contribution is 2.23. The Balaban J connectivity index is 1.70. The summed E-state index contributed by atoms with van der Waals surface area (Å²) >= 11 is 0. The highest BCUT2D eigenvalue weighted by molar-refractivity contribution is 5.44. The van der Waals surface area contributed by atoms with Crippen LogP contribution in [0.3, 0.4) is 0 Å². The van der Waals surface area contributed by atoms with Gasteiger partial charge in [0, 0.05) is 37.9 Å². The Bertz CT molecular complexity index is 452. The summed E-state index contributed by atoms with van der Waals surface area (Å²) in [5.41, 5.74) is 2.03. The maximum Gasteiger partial charge on any atom is 0.129 e. The molecule has 0 aliphatic carbocycles. The van der Waals surface area contributed by atoms with Crippen LogP contribution in [0.15, 0.2) is 12.1 Å². The van der Waals surface area contributed by atoms with Gasteiger partial charge in [0.2, 0.25) is 0 Å². The van der Waals surface area contributed by atoms with E-state index in [-0.39, 0.29) is 6.61 Å². The third-order valence-corrected chi connectivity index (χ3v) is 4.52. The molecule has 0 saturated carbocycles. The average Bonchev–Trinajstić information content (AvgIpc) is 3.05. The number of morpholine rings is 1. The lowest BCUT2D eigenvalue weighted by Gasteiger charge is -2.32. The third-order valence-electron chi connectivity index (χ3n) is 4.52. The number of hydrogen-bond donors (Lipinski definition) is 1. The summed E-state index contributed by atoms with van der Waals surface area (Å²) in [6.45, 7) is 8.07. The molecule has 0 aromatic carbocycles.